The molecule has 28 heavy (non-hydrogen) atoms. The molecule has 0 aromatic heterocycles. The molecule has 5 nitrogen and oxygen atoms in total. The number of carbonyl (C=O) groups is 1. The summed E-state index contributed by atoms with van der Waals surface area (Å²) in [4.78, 5) is 12.9. The smallest absolute Gasteiger partial charge is 0.244 e. The summed E-state index contributed by atoms with van der Waals surface area (Å²) in [6.45, 7) is 7.36. The van der Waals surface area contributed by atoms with Gasteiger partial charge in [0, 0.05) is 0 Å². The summed E-state index contributed by atoms with van der Waals surface area (Å²) in [5.41, 5.74) is 3.40. The molecular weight excluding hydrogens is 419 g/mol. The maximum atomic E-state index is 12.9. The fourth-order valence-corrected chi connectivity index (χ4v) is 4.53. The average Bonchev–Trinajstić information content (AvgIpc) is 2.58. The second kappa shape index (κ2) is 8.72. The lowest BCUT2D eigenvalue weighted by molar-refractivity contribution is -0.122. The van der Waals surface area contributed by atoms with Crippen molar-refractivity contribution in [1.82, 2.24) is 5.32 Å². The predicted molar refractivity (Wildman–Crippen MR) is 116 cm³/mol. The molecule has 0 aliphatic heterocycles. The van der Waals surface area contributed by atoms with Crippen LogP contribution in [0.25, 0.3) is 0 Å². The van der Waals surface area contributed by atoms with Crippen molar-refractivity contribution in [3.63, 3.8) is 0 Å². The van der Waals surface area contributed by atoms with Crippen molar-refractivity contribution in [3.05, 3.63) is 63.1 Å². The predicted octanol–water partition coefficient (Wildman–Crippen LogP) is 4.64. The van der Waals surface area contributed by atoms with E-state index in [0.717, 1.165) is 27.3 Å². The third kappa shape index (κ3) is 5.19. The normalized spacial score (nSPS) is 13.7. The number of aryl methyl sites for hydroxylation is 2. The van der Waals surface area contributed by atoms with Gasteiger partial charge < -0.3 is 5.32 Å². The molecule has 0 saturated carbocycles. The van der Waals surface area contributed by atoms with Crippen LogP contribution in [0.1, 0.15) is 36.6 Å². The first-order valence-electron chi connectivity index (χ1n) is 8.73. The van der Waals surface area contributed by atoms with E-state index in [1.165, 1.54) is 25.1 Å². The van der Waals surface area contributed by atoms with E-state index in [9.17, 15) is 13.2 Å². The molecule has 1 amide bonds. The van der Waals surface area contributed by atoms with Gasteiger partial charge in [-0.15, -0.1) is 0 Å². The van der Waals surface area contributed by atoms with Gasteiger partial charge in [0.2, 0.25) is 15.9 Å². The van der Waals surface area contributed by atoms with Crippen LogP contribution < -0.4 is 9.62 Å². The fraction of sp³-hybridized carbons (Fsp3) is 0.350. The Labute approximate surface area is 176 Å². The zero-order valence-electron chi connectivity index (χ0n) is 16.5. The van der Waals surface area contributed by atoms with Gasteiger partial charge >= 0.3 is 0 Å². The van der Waals surface area contributed by atoms with Crippen molar-refractivity contribution < 1.29 is 13.2 Å². The first kappa shape index (κ1) is 22.5. The minimum absolute atomic E-state index is 0.212. The molecule has 2 aromatic rings. The SMILES string of the molecule is Cc1ccc(C)c([C@H](C)NC(=O)[C@H](C)N(c2ccc(Cl)c(Cl)c2)S(C)(=O)=O)c1. The molecule has 0 spiro atoms. The topological polar surface area (TPSA) is 66.5 Å². The number of nitrogens with one attached hydrogen (secondary N) is 1. The van der Waals surface area contributed by atoms with Crippen LogP contribution in [0, 0.1) is 13.8 Å². The highest BCUT2D eigenvalue weighted by molar-refractivity contribution is 7.92. The average molecular weight is 443 g/mol. The maximum Gasteiger partial charge on any atom is 0.244 e. The number of hydrogen-bond donors (Lipinski definition) is 1. The molecule has 0 fully saturated rings. The van der Waals surface area contributed by atoms with E-state index in [1.807, 2.05) is 39.0 Å². The number of carbonyl (C=O) groups excluding carboxylic acids is 1. The summed E-state index contributed by atoms with van der Waals surface area (Å²) < 4.78 is 25.8. The summed E-state index contributed by atoms with van der Waals surface area (Å²) in [5, 5.41) is 3.43. The molecule has 0 aliphatic carbocycles. The van der Waals surface area contributed by atoms with Gasteiger partial charge in [-0.2, -0.15) is 0 Å². The Morgan fingerprint density at radius 3 is 2.25 bits per heavy atom. The Morgan fingerprint density at radius 2 is 1.68 bits per heavy atom. The van der Waals surface area contributed by atoms with Gasteiger partial charge in [-0.05, 0) is 57.0 Å². The minimum atomic E-state index is -3.74. The van der Waals surface area contributed by atoms with E-state index in [0.29, 0.717) is 5.02 Å². The van der Waals surface area contributed by atoms with Crippen LogP contribution in [0.15, 0.2) is 36.4 Å². The van der Waals surface area contributed by atoms with Crippen LogP contribution in [0.3, 0.4) is 0 Å². The minimum Gasteiger partial charge on any atom is -0.348 e. The lowest BCUT2D eigenvalue weighted by Crippen LogP contribution is -2.48. The zero-order chi connectivity index (χ0) is 21.2. The van der Waals surface area contributed by atoms with Crippen molar-refractivity contribution >= 4 is 44.8 Å². The molecule has 0 heterocycles. The van der Waals surface area contributed by atoms with Crippen LogP contribution in [0.2, 0.25) is 10.0 Å². The van der Waals surface area contributed by atoms with Gasteiger partial charge in [0.1, 0.15) is 6.04 Å². The Morgan fingerprint density at radius 1 is 1.04 bits per heavy atom. The van der Waals surface area contributed by atoms with E-state index in [-0.39, 0.29) is 16.8 Å². The van der Waals surface area contributed by atoms with Gasteiger partial charge in [0.15, 0.2) is 0 Å². The summed E-state index contributed by atoms with van der Waals surface area (Å²) in [6, 6.07) is 9.22. The van der Waals surface area contributed by atoms with Crippen LogP contribution in [0.4, 0.5) is 5.69 Å². The Balaban J connectivity index is 2.31. The van der Waals surface area contributed by atoms with Gasteiger partial charge in [0.25, 0.3) is 0 Å². The second-order valence-electron chi connectivity index (χ2n) is 6.92. The molecule has 0 unspecified atom stereocenters. The Bertz CT molecular complexity index is 993. The van der Waals surface area contributed by atoms with E-state index in [4.69, 9.17) is 23.2 Å². The molecule has 0 bridgehead atoms. The van der Waals surface area contributed by atoms with Crippen LogP contribution >= 0.6 is 23.2 Å². The van der Waals surface area contributed by atoms with E-state index >= 15 is 0 Å². The number of nitrogens with zero attached hydrogens (tertiary/aromatic N) is 1. The van der Waals surface area contributed by atoms with E-state index < -0.39 is 22.0 Å². The van der Waals surface area contributed by atoms with Gasteiger partial charge in [-0.1, -0.05) is 47.0 Å². The molecule has 0 aliphatic rings. The zero-order valence-corrected chi connectivity index (χ0v) is 18.8. The number of amides is 1. The first-order valence-corrected chi connectivity index (χ1v) is 11.3. The highest BCUT2D eigenvalue weighted by Crippen LogP contribution is 2.30. The molecule has 152 valence electrons. The molecule has 0 radical (unpaired) electrons. The van der Waals surface area contributed by atoms with Crippen LogP contribution in [-0.2, 0) is 14.8 Å². The quantitative estimate of drug-likeness (QED) is 0.707. The summed E-state index contributed by atoms with van der Waals surface area (Å²) in [5.74, 6) is -0.412. The van der Waals surface area contributed by atoms with Crippen molar-refractivity contribution in [1.29, 1.82) is 0 Å². The summed E-state index contributed by atoms with van der Waals surface area (Å²) in [6.07, 6.45) is 1.05. The molecule has 1 N–H and O–H groups in total. The largest absolute Gasteiger partial charge is 0.348 e. The van der Waals surface area contributed by atoms with E-state index in [2.05, 4.69) is 5.32 Å². The van der Waals surface area contributed by atoms with Gasteiger partial charge in [-0.25, -0.2) is 8.42 Å². The number of hydrogen-bond acceptors (Lipinski definition) is 3. The molecule has 0 saturated heterocycles. The highest BCUT2D eigenvalue weighted by atomic mass is 35.5. The highest BCUT2D eigenvalue weighted by Gasteiger charge is 2.30. The number of sulfonamides is 1. The molecule has 8 heteroatoms. The lowest BCUT2D eigenvalue weighted by Gasteiger charge is -2.29. The number of rotatable bonds is 6. The summed E-state index contributed by atoms with van der Waals surface area (Å²) in [7, 11) is -3.74. The van der Waals surface area contributed by atoms with Gasteiger partial charge in [-0.3, -0.25) is 9.10 Å². The Kier molecular flexibility index (Phi) is 7.02. The first-order chi connectivity index (χ1) is 12.9. The van der Waals surface area contributed by atoms with Gasteiger partial charge in [0.05, 0.1) is 28.0 Å². The van der Waals surface area contributed by atoms with E-state index in [1.54, 1.807) is 0 Å². The summed E-state index contributed by atoms with van der Waals surface area (Å²) >= 11 is 12.0. The third-order valence-electron chi connectivity index (χ3n) is 4.51. The standard InChI is InChI=1S/C20H24Cl2N2O3S/c1-12-6-7-13(2)17(10-12)14(3)23-20(25)15(4)24(28(5,26)27)16-8-9-18(21)19(22)11-16/h6-11,14-15H,1-5H3,(H,23,25)/t14-,15-/m0/s1. The third-order valence-corrected chi connectivity index (χ3v) is 6.49. The van der Waals surface area contributed by atoms with Crippen LogP contribution in [0.5, 0.6) is 0 Å². The molecular formula is C20H24Cl2N2O3S. The molecule has 2 aromatic carbocycles. The monoisotopic (exact) mass is 442 g/mol. The Hall–Kier alpha value is -1.76. The fourth-order valence-electron chi connectivity index (χ4n) is 3.07. The van der Waals surface area contributed by atoms with Crippen molar-refractivity contribution in [3.8, 4) is 0 Å². The number of anilines is 1. The van der Waals surface area contributed by atoms with Crippen molar-refractivity contribution in [2.75, 3.05) is 10.6 Å². The molecule has 2 rings (SSSR count). The molecule has 2 atom stereocenters. The van der Waals surface area contributed by atoms with Crippen molar-refractivity contribution in [2.45, 2.75) is 39.8 Å². The second-order valence-corrected chi connectivity index (χ2v) is 9.60. The van der Waals surface area contributed by atoms with Crippen LogP contribution in [-0.4, -0.2) is 26.6 Å². The number of benzene rings is 2. The maximum absolute atomic E-state index is 12.9. The lowest BCUT2D eigenvalue weighted by atomic mass is 10.00. The number of halogens is 2. The van der Waals surface area contributed by atoms with Crippen molar-refractivity contribution in [2.24, 2.45) is 0 Å².